The van der Waals surface area contributed by atoms with Gasteiger partial charge in [-0.3, -0.25) is 0 Å². The Morgan fingerprint density at radius 3 is 1.60 bits per heavy atom. The molecule has 6 heterocycles. The van der Waals surface area contributed by atoms with Crippen LogP contribution in [-0.4, -0.2) is 316 Å². The van der Waals surface area contributed by atoms with E-state index in [0.29, 0.717) is 0 Å². The minimum Gasteiger partial charge on any atom is -0.477 e. The summed E-state index contributed by atoms with van der Waals surface area (Å²) in [5.74, 6) is -7.64. The van der Waals surface area contributed by atoms with Crippen molar-refractivity contribution in [3.8, 4) is 0 Å². The lowest BCUT2D eigenvalue weighted by Gasteiger charge is -2.52. The molecule has 31 atom stereocenters. The van der Waals surface area contributed by atoms with Crippen LogP contribution in [0.25, 0.3) is 0 Å². The van der Waals surface area contributed by atoms with Gasteiger partial charge >= 0.3 is 5.97 Å². The number of aliphatic hydroxyl groups excluding tert-OH is 17. The van der Waals surface area contributed by atoms with Crippen molar-refractivity contribution in [2.24, 2.45) is 11.8 Å². The van der Waals surface area contributed by atoms with E-state index in [1.54, 1.807) is 0 Å². The van der Waals surface area contributed by atoms with Crippen molar-refractivity contribution in [3.05, 3.63) is 0 Å². The van der Waals surface area contributed by atoms with Gasteiger partial charge in [0, 0.05) is 25.4 Å². The first kappa shape index (κ1) is 60.5. The summed E-state index contributed by atoms with van der Waals surface area (Å²) in [6.45, 7) is -1.00. The molecule has 73 heavy (non-hydrogen) atoms. The molecule has 426 valence electrons. The number of methoxy groups -OCH3 is 1. The summed E-state index contributed by atoms with van der Waals surface area (Å²) in [6.07, 6.45) is -52.4. The van der Waals surface area contributed by atoms with E-state index in [4.69, 9.17) is 56.8 Å². The van der Waals surface area contributed by atoms with Crippen LogP contribution in [-0.2, 0) is 61.6 Å². The lowest BCUT2D eigenvalue weighted by Crippen LogP contribution is -2.69. The predicted molar refractivity (Wildman–Crippen MR) is 226 cm³/mol. The average Bonchev–Trinajstić information content (AvgIpc) is 3.37. The number of rotatable bonds is 19. The van der Waals surface area contributed by atoms with Crippen LogP contribution >= 0.6 is 0 Å². The van der Waals surface area contributed by atoms with Gasteiger partial charge < -0.3 is 149 Å². The SMILES string of the molecule is CO[C@@H]1OC(CO)[C@@H](O[C@@H]2OC(CO)[C@H](O[C@H]3OC(CO)[C@H](O)[C@H](O[C@@H]4OC(CO)[C@H](O)C(O)[C@@H]4O[C@@H]4OC(C)[C@@H](O)[C@H](O)C4O)C3C)C(O[C@]3(C(=O)O)C[C@@H](O)[C@@H](C)C([C@H](O)[C@H](O)CO)O3)[C@@H]2O)C(O)[C@@H]1O. The number of carboxylic acid groups (broad SMARTS) is 1. The molecule has 0 aliphatic carbocycles. The summed E-state index contributed by atoms with van der Waals surface area (Å²) >= 11 is 0. The first-order valence-corrected chi connectivity index (χ1v) is 23.7. The van der Waals surface area contributed by atoms with E-state index in [1.165, 1.54) is 20.8 Å². The maximum atomic E-state index is 13.4. The van der Waals surface area contributed by atoms with Gasteiger partial charge in [-0.1, -0.05) is 13.8 Å². The monoisotopic (exact) mass is 1070 g/mol. The van der Waals surface area contributed by atoms with Crippen molar-refractivity contribution in [1.82, 2.24) is 0 Å². The smallest absolute Gasteiger partial charge is 0.364 e. The number of aliphatic hydroxyl groups is 17. The highest BCUT2D eigenvalue weighted by atomic mass is 16.8. The molecule has 0 aromatic heterocycles. The van der Waals surface area contributed by atoms with Crippen LogP contribution in [0.1, 0.15) is 27.2 Å². The van der Waals surface area contributed by atoms with Gasteiger partial charge in [-0.15, -0.1) is 0 Å². The van der Waals surface area contributed by atoms with Gasteiger partial charge in [0.05, 0.1) is 57.5 Å². The third-order valence-electron chi connectivity index (χ3n) is 14.3. The Labute approximate surface area is 415 Å². The van der Waals surface area contributed by atoms with Crippen molar-refractivity contribution >= 4 is 5.97 Å². The Hall–Kier alpha value is -1.69. The molecule has 0 amide bonds. The van der Waals surface area contributed by atoms with Crippen molar-refractivity contribution < 1.29 is 154 Å². The zero-order chi connectivity index (χ0) is 54.1. The Kier molecular flexibility index (Phi) is 21.1. The molecule has 0 bridgehead atoms. The average molecular weight is 1070 g/mol. The molecule has 0 aromatic rings. The van der Waals surface area contributed by atoms with E-state index >= 15 is 0 Å². The summed E-state index contributed by atoms with van der Waals surface area (Å²) in [5.41, 5.74) is 0. The van der Waals surface area contributed by atoms with E-state index in [9.17, 15) is 96.7 Å². The van der Waals surface area contributed by atoms with Crippen LogP contribution in [0.4, 0.5) is 0 Å². The Bertz CT molecular complexity index is 1720. The normalized spacial score (nSPS) is 50.8. The summed E-state index contributed by atoms with van der Waals surface area (Å²) in [4.78, 5) is 13.4. The van der Waals surface area contributed by atoms with Gasteiger partial charge in [-0.25, -0.2) is 4.79 Å². The van der Waals surface area contributed by atoms with Crippen LogP contribution < -0.4 is 0 Å². The predicted octanol–water partition coefficient (Wildman–Crippen LogP) is -10.7. The molecule has 0 aromatic carbocycles. The molecule has 6 aliphatic heterocycles. The number of hydrogen-bond donors (Lipinski definition) is 18. The van der Waals surface area contributed by atoms with E-state index in [1.807, 2.05) is 0 Å². The fraction of sp³-hybridized carbons (Fsp3) is 0.976. The largest absolute Gasteiger partial charge is 0.477 e. The third kappa shape index (κ3) is 12.3. The van der Waals surface area contributed by atoms with Gasteiger partial charge in [0.15, 0.2) is 31.5 Å². The molecule has 31 heteroatoms. The first-order valence-electron chi connectivity index (χ1n) is 23.7. The molecule has 11 unspecified atom stereocenters. The van der Waals surface area contributed by atoms with Crippen LogP contribution in [0, 0.1) is 11.8 Å². The minimum atomic E-state index is -3.12. The number of ether oxygens (including phenoxy) is 12. The van der Waals surface area contributed by atoms with Gasteiger partial charge in [0.2, 0.25) is 0 Å². The van der Waals surface area contributed by atoms with Crippen LogP contribution in [0.2, 0.25) is 0 Å². The molecule has 0 spiro atoms. The lowest BCUT2D eigenvalue weighted by atomic mass is 9.84. The second-order valence-electron chi connectivity index (χ2n) is 19.1. The maximum Gasteiger partial charge on any atom is 0.364 e. The number of hydrogen-bond acceptors (Lipinski definition) is 30. The Morgan fingerprint density at radius 1 is 0.521 bits per heavy atom. The van der Waals surface area contributed by atoms with E-state index in [-0.39, 0.29) is 0 Å². The van der Waals surface area contributed by atoms with Crippen molar-refractivity contribution in [3.63, 3.8) is 0 Å². The molecule has 6 saturated heterocycles. The Balaban J connectivity index is 1.36. The summed E-state index contributed by atoms with van der Waals surface area (Å²) < 4.78 is 69.8. The molecule has 6 fully saturated rings. The minimum absolute atomic E-state index is 0.887. The van der Waals surface area contributed by atoms with Gasteiger partial charge in [-0.05, 0) is 6.92 Å². The third-order valence-corrected chi connectivity index (χ3v) is 14.3. The fourth-order valence-corrected chi connectivity index (χ4v) is 9.74. The molecule has 18 N–H and O–H groups in total. The summed E-state index contributed by atoms with van der Waals surface area (Å²) in [7, 11) is 1.13. The molecular formula is C42H72O31. The van der Waals surface area contributed by atoms with Crippen molar-refractivity contribution in [2.45, 2.75) is 205 Å². The summed E-state index contributed by atoms with van der Waals surface area (Å²) in [6, 6.07) is 0. The molecule has 31 nitrogen and oxygen atoms in total. The number of carboxylic acids is 1. The molecule has 0 radical (unpaired) electrons. The van der Waals surface area contributed by atoms with Gasteiger partial charge in [0.25, 0.3) is 5.79 Å². The fourth-order valence-electron chi connectivity index (χ4n) is 9.74. The van der Waals surface area contributed by atoms with Gasteiger partial charge in [0.1, 0.15) is 116 Å². The zero-order valence-corrected chi connectivity index (χ0v) is 39.9. The van der Waals surface area contributed by atoms with Gasteiger partial charge in [-0.2, -0.15) is 0 Å². The summed E-state index contributed by atoms with van der Waals surface area (Å²) in [5, 5.41) is 194. The topological polar surface area (TPSA) is 492 Å². The lowest BCUT2D eigenvalue weighted by molar-refractivity contribution is -0.409. The second kappa shape index (κ2) is 25.4. The standard InChI is InChI=1S/C42H72O31/c1-11-14(48)5-42(41(60)61,72-31(11)21(51)15(49)6-43)73-34-29(59)39(69-32-18(9-46)66-37(62-4)28(58)26(32)56)67-19(10-47)33(34)70-36-12(2)30(23(53)17(8-45)64-36)68-40-35(25(55)22(52)16(7-44)65-40)71-38-27(57)24(54)20(50)13(3)63-38/h11-40,43-59H,5-10H2,1-4H3,(H,60,61)/t11-,12?,13?,14-,15-,16?,17?,18?,19?,20-,21-,22+,23+,24+,25?,26?,27?,28+,29+,30-,31?,32-,33+,34?,35+,36-,37-,38+,39+,40+,42+/m1/s1. The highest BCUT2D eigenvalue weighted by Gasteiger charge is 2.61. The molecule has 0 saturated carbocycles. The van der Waals surface area contributed by atoms with Crippen LogP contribution in [0.15, 0.2) is 0 Å². The zero-order valence-electron chi connectivity index (χ0n) is 39.9. The molecular weight excluding hydrogens is 1000 g/mol. The Morgan fingerprint density at radius 2 is 1.01 bits per heavy atom. The van der Waals surface area contributed by atoms with E-state index < -0.39 is 235 Å². The van der Waals surface area contributed by atoms with E-state index in [0.717, 1.165) is 7.11 Å². The molecule has 6 aliphatic rings. The first-order chi connectivity index (χ1) is 34.4. The number of carbonyl (C=O) groups is 1. The van der Waals surface area contributed by atoms with Crippen LogP contribution in [0.5, 0.6) is 0 Å². The van der Waals surface area contributed by atoms with Crippen LogP contribution in [0.3, 0.4) is 0 Å². The highest BCUT2D eigenvalue weighted by Crippen LogP contribution is 2.43. The van der Waals surface area contributed by atoms with Crippen molar-refractivity contribution in [1.29, 1.82) is 0 Å². The van der Waals surface area contributed by atoms with Crippen molar-refractivity contribution in [2.75, 3.05) is 40.1 Å². The number of aliphatic carboxylic acids is 1. The second-order valence-corrected chi connectivity index (χ2v) is 19.1. The quantitative estimate of drug-likeness (QED) is 0.0571. The van der Waals surface area contributed by atoms with E-state index in [2.05, 4.69) is 0 Å². The maximum absolute atomic E-state index is 13.4. The molecule has 6 rings (SSSR count). The highest BCUT2D eigenvalue weighted by molar-refractivity contribution is 5.76.